The van der Waals surface area contributed by atoms with E-state index in [0.717, 1.165) is 23.8 Å². The molecule has 2 aromatic carbocycles. The third-order valence-electron chi connectivity index (χ3n) is 4.96. The van der Waals surface area contributed by atoms with Crippen molar-refractivity contribution in [3.05, 3.63) is 71.3 Å². The number of hydrogen-bond acceptors (Lipinski definition) is 5. The van der Waals surface area contributed by atoms with Crippen molar-refractivity contribution in [2.24, 2.45) is 4.99 Å². The minimum absolute atomic E-state index is 0.170. The van der Waals surface area contributed by atoms with Crippen LogP contribution in [0.15, 0.2) is 53.5 Å². The molecule has 0 saturated carbocycles. The second-order valence-electron chi connectivity index (χ2n) is 7.30. The number of carbonyl (C=O) groups is 2. The van der Waals surface area contributed by atoms with Gasteiger partial charge in [-0.15, -0.1) is 0 Å². The summed E-state index contributed by atoms with van der Waals surface area (Å²) in [6, 6.07) is 12.5. The molecule has 0 bridgehead atoms. The highest BCUT2D eigenvalue weighted by Gasteiger charge is 2.45. The quantitative estimate of drug-likeness (QED) is 0.706. The number of nitrogens with one attached hydrogen (secondary N) is 1. The molecule has 1 amide bonds. The highest BCUT2D eigenvalue weighted by atomic mass is 19.1. The Bertz CT molecular complexity index is 932. The number of carbonyl (C=O) groups excluding carboxylic acids is 2. The van der Waals surface area contributed by atoms with Crippen molar-refractivity contribution in [2.45, 2.75) is 31.5 Å². The maximum absolute atomic E-state index is 13.3. The molecule has 1 aliphatic rings. The van der Waals surface area contributed by atoms with Gasteiger partial charge in [0.2, 0.25) is 5.91 Å². The van der Waals surface area contributed by atoms with Gasteiger partial charge in [-0.2, -0.15) is 0 Å². The largest absolute Gasteiger partial charge is 0.467 e. The molecule has 3 rings (SSSR count). The zero-order valence-corrected chi connectivity index (χ0v) is 16.8. The first-order valence-corrected chi connectivity index (χ1v) is 9.49. The summed E-state index contributed by atoms with van der Waals surface area (Å²) in [7, 11) is 1.32. The number of methoxy groups -OCH3 is 1. The summed E-state index contributed by atoms with van der Waals surface area (Å²) in [5.74, 6) is -2.33. The molecular formula is C22H23F2N3O3. The summed E-state index contributed by atoms with van der Waals surface area (Å²) in [5, 5.41) is 2.77. The summed E-state index contributed by atoms with van der Waals surface area (Å²) in [5.41, 5.74) is 0.0628. The second-order valence-corrected chi connectivity index (χ2v) is 7.30. The molecule has 1 aliphatic heterocycles. The lowest BCUT2D eigenvalue weighted by Gasteiger charge is -2.29. The van der Waals surface area contributed by atoms with Crippen LogP contribution in [0.5, 0.6) is 0 Å². The summed E-state index contributed by atoms with van der Waals surface area (Å²) in [4.78, 5) is 31.0. The maximum atomic E-state index is 13.3. The van der Waals surface area contributed by atoms with Gasteiger partial charge >= 0.3 is 5.97 Å². The molecule has 6 nitrogen and oxygen atoms in total. The normalized spacial score (nSPS) is 18.9. The van der Waals surface area contributed by atoms with Gasteiger partial charge in [0.1, 0.15) is 11.6 Å². The Morgan fingerprint density at radius 2 is 1.83 bits per heavy atom. The van der Waals surface area contributed by atoms with Crippen LogP contribution in [0.4, 0.5) is 8.78 Å². The van der Waals surface area contributed by atoms with Crippen LogP contribution < -0.4 is 5.32 Å². The average molecular weight is 415 g/mol. The molecule has 0 radical (unpaired) electrons. The van der Waals surface area contributed by atoms with Crippen LogP contribution in [-0.2, 0) is 27.2 Å². The fourth-order valence-corrected chi connectivity index (χ4v) is 3.49. The molecule has 30 heavy (non-hydrogen) atoms. The van der Waals surface area contributed by atoms with Gasteiger partial charge in [-0.05, 0) is 30.2 Å². The summed E-state index contributed by atoms with van der Waals surface area (Å²) < 4.78 is 31.6. The molecule has 0 saturated heterocycles. The maximum Gasteiger partial charge on any atom is 0.336 e. The van der Waals surface area contributed by atoms with E-state index in [1.165, 1.54) is 13.4 Å². The molecule has 0 fully saturated rings. The Labute approximate surface area is 173 Å². The van der Waals surface area contributed by atoms with Crippen molar-refractivity contribution in [1.82, 2.24) is 10.2 Å². The van der Waals surface area contributed by atoms with E-state index in [2.05, 4.69) is 10.3 Å². The lowest BCUT2D eigenvalue weighted by Crippen LogP contribution is -2.51. The van der Waals surface area contributed by atoms with Crippen molar-refractivity contribution in [3.8, 4) is 0 Å². The summed E-state index contributed by atoms with van der Waals surface area (Å²) >= 11 is 0. The molecule has 0 aliphatic carbocycles. The molecule has 8 heteroatoms. The van der Waals surface area contributed by atoms with Crippen LogP contribution >= 0.6 is 0 Å². The molecule has 2 atom stereocenters. The standard InChI is InChI=1S/C22H23F2N3O3/c1-15(26-20(28)10-17-8-18(23)11-19(24)9-17)27-13-22(25-14-27,21(29)30-2)12-16-6-4-3-5-7-16/h3-9,11,14-15H,10,12-13H2,1-2H3,(H,26,28). The van der Waals surface area contributed by atoms with Crippen LogP contribution in [0.2, 0.25) is 0 Å². The molecule has 2 aromatic rings. The lowest BCUT2D eigenvalue weighted by molar-refractivity contribution is -0.146. The summed E-state index contributed by atoms with van der Waals surface area (Å²) in [6.45, 7) is 1.97. The van der Waals surface area contributed by atoms with E-state index >= 15 is 0 Å². The molecule has 1 heterocycles. The van der Waals surface area contributed by atoms with E-state index in [4.69, 9.17) is 4.74 Å². The Morgan fingerprint density at radius 3 is 2.47 bits per heavy atom. The van der Waals surface area contributed by atoms with Crippen molar-refractivity contribution in [1.29, 1.82) is 0 Å². The number of nitrogens with zero attached hydrogens (tertiary/aromatic N) is 2. The smallest absolute Gasteiger partial charge is 0.336 e. The van der Waals surface area contributed by atoms with E-state index in [9.17, 15) is 18.4 Å². The fraction of sp³-hybridized carbons (Fsp3) is 0.318. The van der Waals surface area contributed by atoms with Gasteiger partial charge < -0.3 is 15.0 Å². The minimum Gasteiger partial charge on any atom is -0.467 e. The van der Waals surface area contributed by atoms with Crippen LogP contribution in [0.3, 0.4) is 0 Å². The van der Waals surface area contributed by atoms with Crippen molar-refractivity contribution in [2.75, 3.05) is 13.7 Å². The number of halogens is 2. The molecule has 158 valence electrons. The average Bonchev–Trinajstić information content (AvgIpc) is 3.12. The van der Waals surface area contributed by atoms with Gasteiger partial charge in [0.15, 0.2) is 5.54 Å². The Hall–Kier alpha value is -3.29. The second kappa shape index (κ2) is 9.02. The monoisotopic (exact) mass is 415 g/mol. The minimum atomic E-state index is -1.11. The Kier molecular flexibility index (Phi) is 6.44. The van der Waals surface area contributed by atoms with Gasteiger partial charge in [0.25, 0.3) is 0 Å². The predicted molar refractivity (Wildman–Crippen MR) is 108 cm³/mol. The first-order valence-electron chi connectivity index (χ1n) is 9.49. The molecule has 2 unspecified atom stereocenters. The molecule has 0 spiro atoms. The number of benzene rings is 2. The summed E-state index contributed by atoms with van der Waals surface area (Å²) in [6.07, 6.45) is 1.22. The number of esters is 1. The van der Waals surface area contributed by atoms with Crippen molar-refractivity contribution >= 4 is 18.2 Å². The SMILES string of the molecule is COC(=O)C1(Cc2ccccc2)CN(C(C)NC(=O)Cc2cc(F)cc(F)c2)C=N1. The number of ether oxygens (including phenoxy) is 1. The van der Waals surface area contributed by atoms with E-state index in [1.807, 2.05) is 30.3 Å². The van der Waals surface area contributed by atoms with E-state index in [1.54, 1.807) is 11.8 Å². The highest BCUT2D eigenvalue weighted by Crippen LogP contribution is 2.26. The molecule has 0 aromatic heterocycles. The number of hydrogen-bond donors (Lipinski definition) is 1. The molecular weight excluding hydrogens is 392 g/mol. The number of aliphatic imine (C=N–C) groups is 1. The fourth-order valence-electron chi connectivity index (χ4n) is 3.49. The first kappa shape index (κ1) is 21.4. The topological polar surface area (TPSA) is 71.0 Å². The van der Waals surface area contributed by atoms with E-state index in [0.29, 0.717) is 6.42 Å². The van der Waals surface area contributed by atoms with Gasteiger partial charge in [0.05, 0.1) is 32.6 Å². The molecule has 1 N–H and O–H groups in total. The van der Waals surface area contributed by atoms with Crippen LogP contribution in [-0.4, -0.2) is 48.5 Å². The third-order valence-corrected chi connectivity index (χ3v) is 4.96. The van der Waals surface area contributed by atoms with Crippen LogP contribution in [0, 0.1) is 11.6 Å². The van der Waals surface area contributed by atoms with Crippen molar-refractivity contribution < 1.29 is 23.1 Å². The van der Waals surface area contributed by atoms with Gasteiger partial charge in [-0.1, -0.05) is 30.3 Å². The van der Waals surface area contributed by atoms with E-state index in [-0.39, 0.29) is 18.5 Å². The lowest BCUT2D eigenvalue weighted by atomic mass is 9.91. The zero-order chi connectivity index (χ0) is 21.7. The first-order chi connectivity index (χ1) is 14.3. The number of rotatable bonds is 7. The van der Waals surface area contributed by atoms with Gasteiger partial charge in [0, 0.05) is 12.5 Å². The Morgan fingerprint density at radius 1 is 1.17 bits per heavy atom. The predicted octanol–water partition coefficient (Wildman–Crippen LogP) is 2.47. The van der Waals surface area contributed by atoms with Gasteiger partial charge in [-0.3, -0.25) is 9.79 Å². The Balaban J connectivity index is 1.65. The zero-order valence-electron chi connectivity index (χ0n) is 16.8. The van der Waals surface area contributed by atoms with E-state index < -0.39 is 35.2 Å². The highest BCUT2D eigenvalue weighted by molar-refractivity contribution is 5.86. The van der Waals surface area contributed by atoms with Gasteiger partial charge in [-0.25, -0.2) is 13.6 Å². The van der Waals surface area contributed by atoms with Crippen LogP contribution in [0.1, 0.15) is 18.1 Å². The third kappa shape index (κ3) is 5.00. The van der Waals surface area contributed by atoms with Crippen LogP contribution in [0.25, 0.3) is 0 Å². The van der Waals surface area contributed by atoms with Crippen molar-refractivity contribution in [3.63, 3.8) is 0 Å². The number of amides is 1.